The van der Waals surface area contributed by atoms with E-state index in [4.69, 9.17) is 4.74 Å². The molecule has 5 heteroatoms. The highest BCUT2D eigenvalue weighted by Crippen LogP contribution is 2.06. The summed E-state index contributed by atoms with van der Waals surface area (Å²) in [7, 11) is 1.77. The average Bonchev–Trinajstić information content (AvgIpc) is 2.80. The number of rotatable bonds is 7. The Morgan fingerprint density at radius 3 is 2.19 bits per heavy atom. The van der Waals surface area contributed by atoms with Gasteiger partial charge >= 0.3 is 5.97 Å². The van der Waals surface area contributed by atoms with Crippen molar-refractivity contribution in [2.24, 2.45) is 18.9 Å². The minimum atomic E-state index is -0.468. The zero-order chi connectivity index (χ0) is 16.0. The molecule has 0 atom stereocenters. The first-order valence-corrected chi connectivity index (χ1v) is 7.37. The quantitative estimate of drug-likeness (QED) is 0.725. The van der Waals surface area contributed by atoms with E-state index in [2.05, 4.69) is 27.7 Å². The molecule has 0 N–H and O–H groups in total. The summed E-state index contributed by atoms with van der Waals surface area (Å²) < 4.78 is 6.80. The second-order valence-electron chi connectivity index (χ2n) is 6.17. The number of amides is 1. The minimum Gasteiger partial charge on any atom is -0.451 e. The summed E-state index contributed by atoms with van der Waals surface area (Å²) >= 11 is 0. The summed E-state index contributed by atoms with van der Waals surface area (Å²) in [5.74, 6) is 0.164. The molecule has 0 unspecified atom stereocenters. The molecular formula is C16H26N2O3. The summed E-state index contributed by atoms with van der Waals surface area (Å²) in [5, 5.41) is 0. The van der Waals surface area contributed by atoms with E-state index in [1.54, 1.807) is 34.8 Å². The first-order chi connectivity index (χ1) is 9.81. The van der Waals surface area contributed by atoms with E-state index < -0.39 is 5.97 Å². The first kappa shape index (κ1) is 17.3. The monoisotopic (exact) mass is 294 g/mol. The predicted molar refractivity (Wildman–Crippen MR) is 82.0 cm³/mol. The summed E-state index contributed by atoms with van der Waals surface area (Å²) in [6, 6.07) is 3.44. The molecule has 0 aromatic carbocycles. The lowest BCUT2D eigenvalue weighted by atomic mass is 10.1. The second-order valence-corrected chi connectivity index (χ2v) is 6.17. The molecule has 0 aliphatic carbocycles. The van der Waals surface area contributed by atoms with Gasteiger partial charge in [0.1, 0.15) is 5.69 Å². The fourth-order valence-corrected chi connectivity index (χ4v) is 2.13. The Labute approximate surface area is 126 Å². The number of hydrogen-bond donors (Lipinski definition) is 0. The van der Waals surface area contributed by atoms with Gasteiger partial charge in [-0.05, 0) is 24.0 Å². The van der Waals surface area contributed by atoms with Crippen LogP contribution < -0.4 is 0 Å². The zero-order valence-electron chi connectivity index (χ0n) is 13.6. The number of carbonyl (C=O) groups excluding carboxylic acids is 2. The third kappa shape index (κ3) is 5.61. The van der Waals surface area contributed by atoms with Gasteiger partial charge < -0.3 is 14.2 Å². The van der Waals surface area contributed by atoms with Crippen LogP contribution >= 0.6 is 0 Å². The van der Waals surface area contributed by atoms with Gasteiger partial charge in [-0.25, -0.2) is 4.79 Å². The van der Waals surface area contributed by atoms with Crippen molar-refractivity contribution in [3.8, 4) is 0 Å². The first-order valence-electron chi connectivity index (χ1n) is 7.37. The maximum Gasteiger partial charge on any atom is 0.355 e. The Morgan fingerprint density at radius 1 is 1.19 bits per heavy atom. The number of aromatic nitrogens is 1. The Hall–Kier alpha value is -1.78. The van der Waals surface area contributed by atoms with Crippen molar-refractivity contribution >= 4 is 11.9 Å². The molecule has 0 radical (unpaired) electrons. The standard InChI is InChI=1S/C16H26N2O3/c1-12(2)9-18(10-13(3)4)15(19)11-21-16(20)14-7-6-8-17(14)5/h6-8,12-13H,9-11H2,1-5H3. The molecule has 0 aliphatic rings. The minimum absolute atomic E-state index is 0.139. The van der Waals surface area contributed by atoms with Crippen molar-refractivity contribution in [3.63, 3.8) is 0 Å². The van der Waals surface area contributed by atoms with Gasteiger partial charge in [0.15, 0.2) is 6.61 Å². The van der Waals surface area contributed by atoms with Crippen LogP contribution in [-0.2, 0) is 16.6 Å². The molecule has 1 amide bonds. The van der Waals surface area contributed by atoms with Crippen LogP contribution in [0.15, 0.2) is 18.3 Å². The molecule has 1 aromatic heterocycles. The highest BCUT2D eigenvalue weighted by atomic mass is 16.5. The molecule has 118 valence electrons. The van der Waals surface area contributed by atoms with Crippen molar-refractivity contribution in [3.05, 3.63) is 24.0 Å². The van der Waals surface area contributed by atoms with Crippen molar-refractivity contribution < 1.29 is 14.3 Å². The molecule has 5 nitrogen and oxygen atoms in total. The third-order valence-electron chi connectivity index (χ3n) is 3.00. The summed E-state index contributed by atoms with van der Waals surface area (Å²) in [6.45, 7) is 9.42. The van der Waals surface area contributed by atoms with Crippen LogP contribution in [0.1, 0.15) is 38.2 Å². The predicted octanol–water partition coefficient (Wildman–Crippen LogP) is 2.32. The van der Waals surface area contributed by atoms with E-state index in [1.807, 2.05) is 0 Å². The summed E-state index contributed by atoms with van der Waals surface area (Å²) in [5.41, 5.74) is 0.446. The van der Waals surface area contributed by atoms with Gasteiger partial charge in [0.2, 0.25) is 0 Å². The average molecular weight is 294 g/mol. The number of hydrogen-bond acceptors (Lipinski definition) is 3. The SMILES string of the molecule is CC(C)CN(CC(C)C)C(=O)COC(=O)c1cccn1C. The fourth-order valence-electron chi connectivity index (χ4n) is 2.13. The second kappa shape index (κ2) is 7.86. The smallest absolute Gasteiger partial charge is 0.355 e. The largest absolute Gasteiger partial charge is 0.451 e. The van der Waals surface area contributed by atoms with E-state index in [-0.39, 0.29) is 12.5 Å². The number of carbonyl (C=O) groups is 2. The van der Waals surface area contributed by atoms with Gasteiger partial charge in [-0.3, -0.25) is 4.79 Å². The number of esters is 1. The van der Waals surface area contributed by atoms with E-state index in [0.29, 0.717) is 30.6 Å². The van der Waals surface area contributed by atoms with Crippen molar-refractivity contribution in [2.45, 2.75) is 27.7 Å². The molecule has 0 spiro atoms. The van der Waals surface area contributed by atoms with Gasteiger partial charge in [0, 0.05) is 26.3 Å². The highest BCUT2D eigenvalue weighted by Gasteiger charge is 2.19. The highest BCUT2D eigenvalue weighted by molar-refractivity contribution is 5.89. The molecule has 0 saturated carbocycles. The molecule has 1 heterocycles. The van der Waals surface area contributed by atoms with Crippen LogP contribution in [-0.4, -0.2) is 41.0 Å². The van der Waals surface area contributed by atoms with Crippen molar-refractivity contribution in [1.82, 2.24) is 9.47 Å². The van der Waals surface area contributed by atoms with Crippen LogP contribution in [0.25, 0.3) is 0 Å². The van der Waals surface area contributed by atoms with Crippen LogP contribution in [0.4, 0.5) is 0 Å². The molecule has 0 aliphatic heterocycles. The van der Waals surface area contributed by atoms with Crippen LogP contribution in [0, 0.1) is 11.8 Å². The zero-order valence-corrected chi connectivity index (χ0v) is 13.6. The Bertz CT molecular complexity index is 468. The Kier molecular flexibility index (Phi) is 6.46. The van der Waals surface area contributed by atoms with Crippen molar-refractivity contribution in [2.75, 3.05) is 19.7 Å². The van der Waals surface area contributed by atoms with Crippen LogP contribution in [0.3, 0.4) is 0 Å². The van der Waals surface area contributed by atoms with Crippen LogP contribution in [0.5, 0.6) is 0 Å². The van der Waals surface area contributed by atoms with Gasteiger partial charge in [-0.15, -0.1) is 0 Å². The molecule has 0 bridgehead atoms. The van der Waals surface area contributed by atoms with Gasteiger partial charge in [-0.1, -0.05) is 27.7 Å². The lowest BCUT2D eigenvalue weighted by Crippen LogP contribution is -2.39. The van der Waals surface area contributed by atoms with Crippen LogP contribution in [0.2, 0.25) is 0 Å². The molecular weight excluding hydrogens is 268 g/mol. The third-order valence-corrected chi connectivity index (χ3v) is 3.00. The molecule has 21 heavy (non-hydrogen) atoms. The molecule has 0 fully saturated rings. The van der Waals surface area contributed by atoms with E-state index in [9.17, 15) is 9.59 Å². The molecule has 0 saturated heterocycles. The fraction of sp³-hybridized carbons (Fsp3) is 0.625. The molecule has 1 aromatic rings. The summed E-state index contributed by atoms with van der Waals surface area (Å²) in [6.07, 6.45) is 1.77. The number of aryl methyl sites for hydroxylation is 1. The number of ether oxygens (including phenoxy) is 1. The van der Waals surface area contributed by atoms with Gasteiger partial charge in [-0.2, -0.15) is 0 Å². The van der Waals surface area contributed by atoms with E-state index >= 15 is 0 Å². The Balaban J connectivity index is 2.57. The maximum atomic E-state index is 12.2. The number of nitrogens with zero attached hydrogens (tertiary/aromatic N) is 2. The lowest BCUT2D eigenvalue weighted by Gasteiger charge is -2.26. The topological polar surface area (TPSA) is 51.5 Å². The summed E-state index contributed by atoms with van der Waals surface area (Å²) in [4.78, 5) is 25.9. The normalized spacial score (nSPS) is 11.0. The lowest BCUT2D eigenvalue weighted by molar-refractivity contribution is -0.135. The molecule has 1 rings (SSSR count). The van der Waals surface area contributed by atoms with Crippen molar-refractivity contribution in [1.29, 1.82) is 0 Å². The van der Waals surface area contributed by atoms with E-state index in [1.165, 1.54) is 0 Å². The Morgan fingerprint density at radius 2 is 1.76 bits per heavy atom. The maximum absolute atomic E-state index is 12.2. The van der Waals surface area contributed by atoms with Gasteiger partial charge in [0.05, 0.1) is 0 Å². The van der Waals surface area contributed by atoms with E-state index in [0.717, 1.165) is 0 Å². The van der Waals surface area contributed by atoms with Gasteiger partial charge in [0.25, 0.3) is 5.91 Å².